The van der Waals surface area contributed by atoms with Gasteiger partial charge in [-0.05, 0) is 57.6 Å². The summed E-state index contributed by atoms with van der Waals surface area (Å²) in [5.41, 5.74) is 2.68. The highest BCUT2D eigenvalue weighted by Crippen LogP contribution is 2.24. The van der Waals surface area contributed by atoms with Gasteiger partial charge in [0, 0.05) is 42.7 Å². The minimum atomic E-state index is -0.195. The molecule has 0 radical (unpaired) electrons. The molecule has 1 aliphatic heterocycles. The number of urea groups is 1. The Morgan fingerprint density at radius 3 is 2.61 bits per heavy atom. The first-order valence-electron chi connectivity index (χ1n) is 10.5. The van der Waals surface area contributed by atoms with E-state index < -0.39 is 0 Å². The summed E-state index contributed by atoms with van der Waals surface area (Å²) in [6.07, 6.45) is 2.98. The number of carbonyl (C=O) groups excluding carboxylic acids is 1. The summed E-state index contributed by atoms with van der Waals surface area (Å²) >= 11 is 1.74. The highest BCUT2D eigenvalue weighted by molar-refractivity contribution is 7.97. The number of thioether (sulfide) groups is 1. The Labute approximate surface area is 188 Å². The highest BCUT2D eigenvalue weighted by Gasteiger charge is 2.16. The van der Waals surface area contributed by atoms with Gasteiger partial charge in [0.25, 0.3) is 0 Å². The predicted octanol–water partition coefficient (Wildman–Crippen LogP) is 2.92. The van der Waals surface area contributed by atoms with Crippen molar-refractivity contribution in [2.45, 2.75) is 12.2 Å². The van der Waals surface area contributed by atoms with E-state index in [0.717, 1.165) is 67.8 Å². The molecule has 1 aliphatic rings. The molecule has 0 unspecified atom stereocenters. The monoisotopic (exact) mass is 444 g/mol. The molecule has 1 aromatic carbocycles. The average molecular weight is 445 g/mol. The summed E-state index contributed by atoms with van der Waals surface area (Å²) in [5, 5.41) is 5.75. The number of carbonyl (C=O) groups is 1. The zero-order chi connectivity index (χ0) is 22.1. The lowest BCUT2D eigenvalue weighted by Crippen LogP contribution is -2.37. The Balaban J connectivity index is 1.66. The number of ether oxygens (including phenoxy) is 1. The highest BCUT2D eigenvalue weighted by atomic mass is 32.2. The minimum Gasteiger partial charge on any atom is -0.378 e. The van der Waals surface area contributed by atoms with Crippen molar-refractivity contribution < 1.29 is 9.53 Å². The first-order valence-corrected chi connectivity index (χ1v) is 11.9. The molecular weight excluding hydrogens is 412 g/mol. The molecule has 1 aromatic heterocycles. The molecule has 0 bridgehead atoms. The number of amides is 2. The van der Waals surface area contributed by atoms with Crippen LogP contribution in [-0.4, -0.2) is 80.6 Å². The van der Waals surface area contributed by atoms with Crippen LogP contribution in [0.1, 0.15) is 12.1 Å². The lowest BCUT2D eigenvalue weighted by molar-refractivity contribution is 0.122. The molecule has 0 spiro atoms. The van der Waals surface area contributed by atoms with E-state index in [4.69, 9.17) is 14.7 Å². The largest absolute Gasteiger partial charge is 0.378 e. The molecule has 2 heterocycles. The summed E-state index contributed by atoms with van der Waals surface area (Å²) in [5.74, 6) is 2.48. The molecule has 31 heavy (non-hydrogen) atoms. The Morgan fingerprint density at radius 1 is 1.19 bits per heavy atom. The standard InChI is InChI=1S/C22H32N6O2S/c1-27(2)10-4-9-23-22(29)25-18-7-5-17(6-8-18)21-24-19(16-31-3)15-20(26-21)28-11-13-30-14-12-28/h5-8,15H,4,9-14,16H2,1-3H3,(H2,23,25,29). The summed E-state index contributed by atoms with van der Waals surface area (Å²) in [6, 6.07) is 9.54. The second-order valence-electron chi connectivity index (χ2n) is 7.69. The van der Waals surface area contributed by atoms with Crippen LogP contribution in [-0.2, 0) is 10.5 Å². The third-order valence-electron chi connectivity index (χ3n) is 4.86. The fourth-order valence-electron chi connectivity index (χ4n) is 3.26. The van der Waals surface area contributed by atoms with Gasteiger partial charge in [0.2, 0.25) is 0 Å². The van der Waals surface area contributed by atoms with E-state index in [1.54, 1.807) is 11.8 Å². The van der Waals surface area contributed by atoms with E-state index in [1.807, 2.05) is 38.4 Å². The van der Waals surface area contributed by atoms with Crippen molar-refractivity contribution >= 4 is 29.3 Å². The van der Waals surface area contributed by atoms with Crippen molar-refractivity contribution in [3.63, 3.8) is 0 Å². The summed E-state index contributed by atoms with van der Waals surface area (Å²) < 4.78 is 5.47. The number of nitrogens with zero attached hydrogens (tertiary/aromatic N) is 4. The fourth-order valence-corrected chi connectivity index (χ4v) is 3.71. The number of hydrogen-bond acceptors (Lipinski definition) is 7. The van der Waals surface area contributed by atoms with Crippen molar-refractivity contribution in [2.24, 2.45) is 0 Å². The van der Waals surface area contributed by atoms with E-state index >= 15 is 0 Å². The quantitative estimate of drug-likeness (QED) is 0.576. The molecule has 0 saturated carbocycles. The Hall–Kier alpha value is -2.36. The predicted molar refractivity (Wildman–Crippen MR) is 128 cm³/mol. The van der Waals surface area contributed by atoms with Gasteiger partial charge >= 0.3 is 6.03 Å². The maximum absolute atomic E-state index is 12.1. The van der Waals surface area contributed by atoms with E-state index in [1.165, 1.54) is 0 Å². The molecule has 8 nitrogen and oxygen atoms in total. The van der Waals surface area contributed by atoms with Crippen LogP contribution in [0.4, 0.5) is 16.3 Å². The van der Waals surface area contributed by atoms with Crippen molar-refractivity contribution in [3.05, 3.63) is 36.0 Å². The van der Waals surface area contributed by atoms with Crippen molar-refractivity contribution in [2.75, 3.05) is 70.0 Å². The SMILES string of the molecule is CSCc1cc(N2CCOCC2)nc(-c2ccc(NC(=O)NCCCN(C)C)cc2)n1. The topological polar surface area (TPSA) is 82.6 Å². The molecule has 0 aliphatic carbocycles. The van der Waals surface area contributed by atoms with Crippen molar-refractivity contribution in [3.8, 4) is 11.4 Å². The van der Waals surface area contributed by atoms with Crippen LogP contribution >= 0.6 is 11.8 Å². The molecule has 2 N–H and O–H groups in total. The number of nitrogens with one attached hydrogen (secondary N) is 2. The lowest BCUT2D eigenvalue weighted by Gasteiger charge is -2.28. The normalized spacial score (nSPS) is 14.0. The summed E-state index contributed by atoms with van der Waals surface area (Å²) in [7, 11) is 4.04. The van der Waals surface area contributed by atoms with Gasteiger partial charge in [0.15, 0.2) is 5.82 Å². The van der Waals surface area contributed by atoms with Crippen molar-refractivity contribution in [1.29, 1.82) is 0 Å². The molecule has 1 saturated heterocycles. The first kappa shape index (κ1) is 23.3. The van der Waals surface area contributed by atoms with Crippen molar-refractivity contribution in [1.82, 2.24) is 20.2 Å². The van der Waals surface area contributed by atoms with Gasteiger partial charge in [-0.2, -0.15) is 11.8 Å². The summed E-state index contributed by atoms with van der Waals surface area (Å²) in [4.78, 5) is 26.0. The third-order valence-corrected chi connectivity index (χ3v) is 5.45. The molecule has 2 amide bonds. The van der Waals surface area contributed by atoms with Crippen LogP contribution in [0.3, 0.4) is 0 Å². The van der Waals surface area contributed by atoms with Gasteiger partial charge in [-0.25, -0.2) is 14.8 Å². The molecule has 168 valence electrons. The van der Waals surface area contributed by atoms with Crippen LogP contribution in [0, 0.1) is 0 Å². The lowest BCUT2D eigenvalue weighted by atomic mass is 10.2. The second kappa shape index (κ2) is 11.9. The number of hydrogen-bond donors (Lipinski definition) is 2. The van der Waals surface area contributed by atoms with E-state index in [0.29, 0.717) is 12.4 Å². The summed E-state index contributed by atoms with van der Waals surface area (Å²) in [6.45, 7) is 4.69. The minimum absolute atomic E-state index is 0.195. The van der Waals surface area contributed by atoms with Crippen LogP contribution in [0.25, 0.3) is 11.4 Å². The Morgan fingerprint density at radius 2 is 1.94 bits per heavy atom. The maximum atomic E-state index is 12.1. The number of benzene rings is 1. The number of rotatable bonds is 9. The van der Waals surface area contributed by atoms with Crippen LogP contribution in [0.2, 0.25) is 0 Å². The van der Waals surface area contributed by atoms with Crippen LogP contribution in [0.5, 0.6) is 0 Å². The molecule has 9 heteroatoms. The van der Waals surface area contributed by atoms with E-state index in [-0.39, 0.29) is 6.03 Å². The van der Waals surface area contributed by atoms with E-state index in [2.05, 4.69) is 32.8 Å². The average Bonchev–Trinajstić information content (AvgIpc) is 2.78. The second-order valence-corrected chi connectivity index (χ2v) is 8.55. The molecule has 3 rings (SSSR count). The number of morpholine rings is 1. The van der Waals surface area contributed by atoms with Gasteiger partial charge in [-0.1, -0.05) is 0 Å². The molecule has 2 aromatic rings. The van der Waals surface area contributed by atoms with Crippen LogP contribution in [0.15, 0.2) is 30.3 Å². The van der Waals surface area contributed by atoms with Gasteiger partial charge in [0.05, 0.1) is 18.9 Å². The number of anilines is 2. The Kier molecular flexibility index (Phi) is 8.93. The molecule has 1 fully saturated rings. The Bertz CT molecular complexity index is 840. The van der Waals surface area contributed by atoms with Gasteiger partial charge in [-0.3, -0.25) is 0 Å². The fraction of sp³-hybridized carbons (Fsp3) is 0.500. The first-order chi connectivity index (χ1) is 15.0. The van der Waals surface area contributed by atoms with E-state index in [9.17, 15) is 4.79 Å². The smallest absolute Gasteiger partial charge is 0.319 e. The molecule has 0 atom stereocenters. The van der Waals surface area contributed by atoms with Gasteiger partial charge in [-0.15, -0.1) is 0 Å². The number of aromatic nitrogens is 2. The van der Waals surface area contributed by atoms with Crippen LogP contribution < -0.4 is 15.5 Å². The molecular formula is C22H32N6O2S. The zero-order valence-corrected chi connectivity index (χ0v) is 19.4. The van der Waals surface area contributed by atoms with Gasteiger partial charge < -0.3 is 25.2 Å². The maximum Gasteiger partial charge on any atom is 0.319 e. The third kappa shape index (κ3) is 7.37. The van der Waals surface area contributed by atoms with Gasteiger partial charge in [0.1, 0.15) is 5.82 Å². The zero-order valence-electron chi connectivity index (χ0n) is 18.6.